The molecule has 266 valence electrons. The molecule has 4 fully saturated rings. The second-order valence-corrected chi connectivity index (χ2v) is 14.9. The summed E-state index contributed by atoms with van der Waals surface area (Å²) < 4.78 is 6.15. The minimum atomic E-state index is -0.919. The first kappa shape index (κ1) is 33.0. The number of carbonyl (C=O) groups is 3. The molecular weight excluding hydrogens is 632 g/mol. The van der Waals surface area contributed by atoms with Crippen LogP contribution in [0.3, 0.4) is 0 Å². The van der Waals surface area contributed by atoms with Crippen molar-refractivity contribution in [1.82, 2.24) is 34.7 Å². The molecule has 0 unspecified atom stereocenters. The molecule has 8 rings (SSSR count). The summed E-state index contributed by atoms with van der Waals surface area (Å²) in [4.78, 5) is 51.9. The topological polar surface area (TPSA) is 117 Å². The Balaban J connectivity index is 0.901. The summed E-state index contributed by atoms with van der Waals surface area (Å²) in [6.45, 7) is 9.48. The maximum atomic E-state index is 14.2. The van der Waals surface area contributed by atoms with Gasteiger partial charge in [0.2, 0.25) is 0 Å². The predicted molar refractivity (Wildman–Crippen MR) is 191 cm³/mol. The molecule has 0 radical (unpaired) electrons. The number of carbonyl (C=O) groups excluding carboxylic acids is 3. The summed E-state index contributed by atoms with van der Waals surface area (Å²) in [5, 5.41) is 11.3. The number of nitrogens with one attached hydrogen (secondary N) is 2. The molecule has 5 heterocycles. The monoisotopic (exact) mass is 682 g/mol. The number of likely N-dealkylation sites (tertiary alicyclic amines) is 2. The Kier molecular flexibility index (Phi) is 9.39. The van der Waals surface area contributed by atoms with Crippen LogP contribution in [0.5, 0.6) is 0 Å². The van der Waals surface area contributed by atoms with Gasteiger partial charge in [-0.15, -0.1) is 0 Å². The Hall–Kier alpha value is -4.16. The molecule has 2 N–H and O–H groups in total. The van der Waals surface area contributed by atoms with Gasteiger partial charge in [0.1, 0.15) is 0 Å². The smallest absolute Gasteiger partial charge is 0.410 e. The maximum absolute atomic E-state index is 14.2. The van der Waals surface area contributed by atoms with E-state index < -0.39 is 12.2 Å². The summed E-state index contributed by atoms with van der Waals surface area (Å²) in [5.74, 6) is -0.115. The molecule has 1 aromatic heterocycles. The van der Waals surface area contributed by atoms with Gasteiger partial charge in [-0.25, -0.2) is 9.59 Å². The number of piperidine rings is 2. The molecular formula is C38H50N8O4. The number of nitrogens with zero attached hydrogens (tertiary/aromatic N) is 6. The second-order valence-electron chi connectivity index (χ2n) is 14.9. The van der Waals surface area contributed by atoms with Gasteiger partial charge in [0.25, 0.3) is 5.91 Å². The second kappa shape index (κ2) is 14.2. The van der Waals surface area contributed by atoms with Crippen LogP contribution in [-0.4, -0.2) is 136 Å². The summed E-state index contributed by atoms with van der Waals surface area (Å²) in [6.07, 6.45) is 7.43. The molecule has 1 aliphatic carbocycles. The Morgan fingerprint density at radius 2 is 1.50 bits per heavy atom. The van der Waals surface area contributed by atoms with E-state index in [0.29, 0.717) is 58.0 Å². The zero-order valence-electron chi connectivity index (χ0n) is 29.2. The Labute approximate surface area is 294 Å². The van der Waals surface area contributed by atoms with Gasteiger partial charge in [0.05, 0.1) is 11.7 Å². The number of rotatable bonds is 7. The van der Waals surface area contributed by atoms with Gasteiger partial charge in [-0.05, 0) is 80.7 Å². The summed E-state index contributed by atoms with van der Waals surface area (Å²) in [6, 6.07) is 13.3. The molecule has 50 heavy (non-hydrogen) atoms. The summed E-state index contributed by atoms with van der Waals surface area (Å²) in [7, 11) is 0. The number of H-pyrrole nitrogens is 1. The standard InChI is InChI=1S/C38H50N8O4/c1-26-22-27(23-29-25-39-41-35(26)29)24-34(36(47)44-13-9-31(10-14-44)43-20-18-42(19-21-43)30-6-7-30)50-38(49)45-15-11-32(12-16-45)46-17-8-28-4-2-3-5-33(28)40-37(46)48/h2-5,22-23,25,30-32,34H,6-21,24H2,1H3,(H,39,41)(H,40,48)/t34-/m1/s1. The lowest BCUT2D eigenvalue weighted by Gasteiger charge is -2.43. The number of fused-ring (bicyclic) bond motifs is 2. The zero-order chi connectivity index (χ0) is 34.2. The molecule has 1 atom stereocenters. The van der Waals surface area contributed by atoms with Crippen LogP contribution in [0, 0.1) is 6.92 Å². The van der Waals surface area contributed by atoms with Crippen LogP contribution in [0.1, 0.15) is 55.2 Å². The Bertz CT molecular complexity index is 1700. The number of urea groups is 1. The lowest BCUT2D eigenvalue weighted by atomic mass is 9.99. The van der Waals surface area contributed by atoms with Crippen LogP contribution in [0.25, 0.3) is 10.9 Å². The van der Waals surface area contributed by atoms with Gasteiger partial charge >= 0.3 is 12.1 Å². The van der Waals surface area contributed by atoms with E-state index in [9.17, 15) is 14.4 Å². The molecule has 0 bridgehead atoms. The first-order chi connectivity index (χ1) is 24.4. The Morgan fingerprint density at radius 3 is 2.22 bits per heavy atom. The van der Waals surface area contributed by atoms with Crippen LogP contribution < -0.4 is 5.32 Å². The van der Waals surface area contributed by atoms with Gasteiger partial charge in [0, 0.05) is 94.5 Å². The average molecular weight is 683 g/mol. The summed E-state index contributed by atoms with van der Waals surface area (Å²) in [5.41, 5.74) is 4.96. The molecule has 12 heteroatoms. The van der Waals surface area contributed by atoms with Crippen molar-refractivity contribution < 1.29 is 19.1 Å². The van der Waals surface area contributed by atoms with E-state index in [4.69, 9.17) is 4.74 Å². The number of amides is 4. The van der Waals surface area contributed by atoms with Crippen LogP contribution in [0.2, 0.25) is 0 Å². The van der Waals surface area contributed by atoms with Crippen LogP contribution >= 0.6 is 0 Å². The first-order valence-electron chi connectivity index (χ1n) is 18.7. The fraction of sp³-hybridized carbons (Fsp3) is 0.579. The van der Waals surface area contributed by atoms with Gasteiger partial charge in [0.15, 0.2) is 6.10 Å². The number of aryl methyl sites for hydroxylation is 1. The minimum absolute atomic E-state index is 0.0356. The molecule has 12 nitrogen and oxygen atoms in total. The number of ether oxygens (including phenoxy) is 1. The lowest BCUT2D eigenvalue weighted by Crippen LogP contribution is -2.55. The molecule has 1 saturated carbocycles. The van der Waals surface area contributed by atoms with Crippen molar-refractivity contribution in [1.29, 1.82) is 0 Å². The third-order valence-corrected chi connectivity index (χ3v) is 11.8. The summed E-state index contributed by atoms with van der Waals surface area (Å²) >= 11 is 0. The quantitative estimate of drug-likeness (QED) is 0.383. The number of piperazine rings is 1. The molecule has 5 aliphatic rings. The maximum Gasteiger partial charge on any atom is 0.410 e. The van der Waals surface area contributed by atoms with E-state index in [-0.39, 0.29) is 18.0 Å². The van der Waals surface area contributed by atoms with E-state index in [0.717, 1.165) is 84.8 Å². The average Bonchev–Trinajstić information content (AvgIpc) is 3.91. The van der Waals surface area contributed by atoms with Crippen molar-refractivity contribution in [2.45, 2.75) is 82.5 Å². The van der Waals surface area contributed by atoms with E-state index in [1.807, 2.05) is 41.0 Å². The molecule has 0 spiro atoms. The molecule has 2 aromatic carbocycles. The Morgan fingerprint density at radius 1 is 0.840 bits per heavy atom. The molecule has 4 amide bonds. The third kappa shape index (κ3) is 7.05. The predicted octanol–water partition coefficient (Wildman–Crippen LogP) is 4.24. The fourth-order valence-electron chi connectivity index (χ4n) is 8.68. The SMILES string of the molecule is Cc1cc(C[C@@H](OC(=O)N2CCC(N3CCc4ccccc4NC3=O)CC2)C(=O)N2CCC(N3CCN(C4CC4)CC3)CC2)cc2cn[nH]c12. The molecule has 3 saturated heterocycles. The van der Waals surface area contributed by atoms with Crippen molar-refractivity contribution in [3.8, 4) is 0 Å². The van der Waals surface area contributed by atoms with E-state index in [2.05, 4.69) is 37.4 Å². The number of benzene rings is 2. The number of hydrogen-bond donors (Lipinski definition) is 2. The van der Waals surface area contributed by atoms with Crippen molar-refractivity contribution in [2.24, 2.45) is 0 Å². The van der Waals surface area contributed by atoms with Crippen molar-refractivity contribution in [3.63, 3.8) is 0 Å². The number of aromatic nitrogens is 2. The van der Waals surface area contributed by atoms with Crippen LogP contribution in [0.15, 0.2) is 42.6 Å². The highest BCUT2D eigenvalue weighted by Gasteiger charge is 2.38. The minimum Gasteiger partial charge on any atom is -0.436 e. The highest BCUT2D eigenvalue weighted by atomic mass is 16.6. The fourth-order valence-corrected chi connectivity index (χ4v) is 8.68. The number of anilines is 1. The first-order valence-corrected chi connectivity index (χ1v) is 18.7. The normalized spacial score (nSPS) is 22.3. The number of para-hydroxylation sites is 1. The molecule has 4 aliphatic heterocycles. The zero-order valence-corrected chi connectivity index (χ0v) is 29.2. The largest absolute Gasteiger partial charge is 0.436 e. The van der Waals surface area contributed by atoms with Gasteiger partial charge < -0.3 is 24.8 Å². The van der Waals surface area contributed by atoms with Crippen molar-refractivity contribution in [2.75, 3.05) is 64.2 Å². The number of hydrogen-bond acceptors (Lipinski definition) is 7. The van der Waals surface area contributed by atoms with E-state index in [1.165, 1.54) is 12.8 Å². The third-order valence-electron chi connectivity index (χ3n) is 11.8. The lowest BCUT2D eigenvalue weighted by molar-refractivity contribution is -0.142. The highest BCUT2D eigenvalue weighted by molar-refractivity contribution is 5.91. The van der Waals surface area contributed by atoms with Gasteiger partial charge in [-0.3, -0.25) is 19.7 Å². The van der Waals surface area contributed by atoms with Crippen LogP contribution in [0.4, 0.5) is 15.3 Å². The van der Waals surface area contributed by atoms with Crippen molar-refractivity contribution in [3.05, 3.63) is 59.3 Å². The number of aromatic amines is 1. The molecule has 3 aromatic rings. The highest BCUT2D eigenvalue weighted by Crippen LogP contribution is 2.30. The van der Waals surface area contributed by atoms with Crippen LogP contribution in [-0.2, 0) is 22.4 Å². The van der Waals surface area contributed by atoms with Gasteiger partial charge in [-0.2, -0.15) is 5.10 Å². The van der Waals surface area contributed by atoms with Crippen molar-refractivity contribution >= 4 is 34.6 Å². The van der Waals surface area contributed by atoms with E-state index in [1.54, 1.807) is 11.1 Å². The van der Waals surface area contributed by atoms with E-state index >= 15 is 0 Å². The van der Waals surface area contributed by atoms with Gasteiger partial charge in [-0.1, -0.05) is 24.3 Å².